The number of carboxylic acid groups (broad SMARTS) is 1. The molecule has 0 bridgehead atoms. The SMILES string of the molecule is C#CCC(C)NCc1ccccc1C(=O)O. The van der Waals surface area contributed by atoms with E-state index in [0.717, 1.165) is 5.56 Å². The fraction of sp³-hybridized carbons (Fsp3) is 0.308. The third kappa shape index (κ3) is 3.41. The van der Waals surface area contributed by atoms with Gasteiger partial charge in [0.05, 0.1) is 5.56 Å². The van der Waals surface area contributed by atoms with Gasteiger partial charge in [-0.2, -0.15) is 0 Å². The predicted octanol–water partition coefficient (Wildman–Crippen LogP) is 1.89. The molecule has 1 rings (SSSR count). The second-order valence-corrected chi connectivity index (χ2v) is 3.65. The van der Waals surface area contributed by atoms with E-state index in [1.165, 1.54) is 0 Å². The first kappa shape index (κ1) is 12.3. The van der Waals surface area contributed by atoms with Crippen LogP contribution in [0.1, 0.15) is 29.3 Å². The molecule has 3 nitrogen and oxygen atoms in total. The summed E-state index contributed by atoms with van der Waals surface area (Å²) in [6, 6.07) is 7.14. The average Bonchev–Trinajstić information content (AvgIpc) is 2.27. The molecule has 0 saturated heterocycles. The largest absolute Gasteiger partial charge is 0.478 e. The summed E-state index contributed by atoms with van der Waals surface area (Å²) in [5, 5.41) is 12.2. The van der Waals surface area contributed by atoms with Crippen LogP contribution in [0.4, 0.5) is 0 Å². The molecule has 0 aliphatic rings. The highest BCUT2D eigenvalue weighted by Gasteiger charge is 2.09. The first-order valence-electron chi connectivity index (χ1n) is 5.13. The Labute approximate surface area is 95.5 Å². The number of aromatic carboxylic acids is 1. The number of carbonyl (C=O) groups is 1. The van der Waals surface area contributed by atoms with Crippen molar-refractivity contribution >= 4 is 5.97 Å². The van der Waals surface area contributed by atoms with Crippen LogP contribution < -0.4 is 5.32 Å². The summed E-state index contributed by atoms with van der Waals surface area (Å²) < 4.78 is 0. The molecule has 1 aromatic carbocycles. The van der Waals surface area contributed by atoms with Crippen molar-refractivity contribution in [1.82, 2.24) is 5.32 Å². The Balaban J connectivity index is 2.67. The molecular weight excluding hydrogens is 202 g/mol. The zero-order chi connectivity index (χ0) is 12.0. The monoisotopic (exact) mass is 217 g/mol. The molecule has 84 valence electrons. The molecule has 1 aromatic rings. The van der Waals surface area contributed by atoms with Gasteiger partial charge in [0.2, 0.25) is 0 Å². The number of terminal acetylenes is 1. The molecular formula is C13H15NO2. The van der Waals surface area contributed by atoms with Crippen molar-refractivity contribution < 1.29 is 9.90 Å². The number of carboxylic acids is 1. The number of nitrogens with one attached hydrogen (secondary N) is 1. The number of benzene rings is 1. The van der Waals surface area contributed by atoms with E-state index in [0.29, 0.717) is 18.5 Å². The minimum Gasteiger partial charge on any atom is -0.478 e. The fourth-order valence-electron chi connectivity index (χ4n) is 1.42. The van der Waals surface area contributed by atoms with E-state index in [9.17, 15) is 4.79 Å². The zero-order valence-electron chi connectivity index (χ0n) is 9.23. The van der Waals surface area contributed by atoms with E-state index < -0.39 is 5.97 Å². The maximum atomic E-state index is 10.9. The third-order valence-electron chi connectivity index (χ3n) is 2.31. The van der Waals surface area contributed by atoms with Crippen LogP contribution in [0.3, 0.4) is 0 Å². The van der Waals surface area contributed by atoms with Gasteiger partial charge in [0.1, 0.15) is 0 Å². The lowest BCUT2D eigenvalue weighted by atomic mass is 10.1. The minimum absolute atomic E-state index is 0.187. The van der Waals surface area contributed by atoms with Crippen LogP contribution in [0.25, 0.3) is 0 Å². The third-order valence-corrected chi connectivity index (χ3v) is 2.31. The molecule has 1 unspecified atom stereocenters. The summed E-state index contributed by atoms with van der Waals surface area (Å²) in [4.78, 5) is 10.9. The Kier molecular flexibility index (Phi) is 4.56. The van der Waals surface area contributed by atoms with Gasteiger partial charge in [-0.05, 0) is 18.6 Å². The first-order chi connectivity index (χ1) is 7.65. The second-order valence-electron chi connectivity index (χ2n) is 3.65. The molecule has 16 heavy (non-hydrogen) atoms. The lowest BCUT2D eigenvalue weighted by Gasteiger charge is -2.12. The van der Waals surface area contributed by atoms with Crippen LogP contribution in [0.15, 0.2) is 24.3 Å². The first-order valence-corrected chi connectivity index (χ1v) is 5.13. The van der Waals surface area contributed by atoms with Crippen molar-refractivity contribution in [1.29, 1.82) is 0 Å². The fourth-order valence-corrected chi connectivity index (χ4v) is 1.42. The highest BCUT2D eigenvalue weighted by Crippen LogP contribution is 2.08. The zero-order valence-corrected chi connectivity index (χ0v) is 9.23. The van der Waals surface area contributed by atoms with Crippen molar-refractivity contribution in [2.75, 3.05) is 0 Å². The van der Waals surface area contributed by atoms with Crippen LogP contribution >= 0.6 is 0 Å². The number of rotatable bonds is 5. The smallest absolute Gasteiger partial charge is 0.336 e. The molecule has 0 aliphatic carbocycles. The Hall–Kier alpha value is -1.79. The molecule has 3 heteroatoms. The molecule has 0 amide bonds. The van der Waals surface area contributed by atoms with Gasteiger partial charge in [0, 0.05) is 19.0 Å². The van der Waals surface area contributed by atoms with Crippen molar-refractivity contribution in [3.63, 3.8) is 0 Å². The highest BCUT2D eigenvalue weighted by molar-refractivity contribution is 5.89. The molecule has 0 saturated carbocycles. The number of hydrogen-bond donors (Lipinski definition) is 2. The average molecular weight is 217 g/mol. The van der Waals surface area contributed by atoms with Crippen LogP contribution in [0.2, 0.25) is 0 Å². The van der Waals surface area contributed by atoms with Crippen molar-refractivity contribution in [2.24, 2.45) is 0 Å². The Morgan fingerprint density at radius 1 is 1.56 bits per heavy atom. The summed E-state index contributed by atoms with van der Waals surface area (Å²) in [7, 11) is 0. The van der Waals surface area contributed by atoms with Crippen molar-refractivity contribution in [3.8, 4) is 12.3 Å². The summed E-state index contributed by atoms with van der Waals surface area (Å²) >= 11 is 0. The molecule has 0 radical (unpaired) electrons. The summed E-state index contributed by atoms with van der Waals surface area (Å²) in [5.41, 5.74) is 1.11. The van der Waals surface area contributed by atoms with Gasteiger partial charge in [-0.15, -0.1) is 12.3 Å². The summed E-state index contributed by atoms with van der Waals surface area (Å²) in [5.74, 6) is 1.66. The standard InChI is InChI=1S/C13H15NO2/c1-3-6-10(2)14-9-11-7-4-5-8-12(11)13(15)16/h1,4-5,7-8,10,14H,6,9H2,2H3,(H,15,16). The van der Waals surface area contributed by atoms with Gasteiger partial charge in [-0.1, -0.05) is 18.2 Å². The molecule has 0 spiro atoms. The van der Waals surface area contributed by atoms with Crippen LogP contribution in [-0.2, 0) is 6.54 Å². The van der Waals surface area contributed by atoms with Crippen LogP contribution in [0, 0.1) is 12.3 Å². The lowest BCUT2D eigenvalue weighted by Crippen LogP contribution is -2.25. The van der Waals surface area contributed by atoms with E-state index in [2.05, 4.69) is 11.2 Å². The van der Waals surface area contributed by atoms with Gasteiger partial charge in [-0.25, -0.2) is 4.79 Å². The molecule has 2 N–H and O–H groups in total. The Morgan fingerprint density at radius 2 is 2.25 bits per heavy atom. The quantitative estimate of drug-likeness (QED) is 0.740. The van der Waals surface area contributed by atoms with Gasteiger partial charge in [0.15, 0.2) is 0 Å². The lowest BCUT2D eigenvalue weighted by molar-refractivity contribution is 0.0695. The van der Waals surface area contributed by atoms with Crippen molar-refractivity contribution in [2.45, 2.75) is 25.9 Å². The van der Waals surface area contributed by atoms with Gasteiger partial charge in [-0.3, -0.25) is 0 Å². The van der Waals surface area contributed by atoms with Crippen LogP contribution in [-0.4, -0.2) is 17.1 Å². The summed E-state index contributed by atoms with van der Waals surface area (Å²) in [6.45, 7) is 2.49. The molecule has 0 aromatic heterocycles. The van der Waals surface area contributed by atoms with Gasteiger partial charge in [0.25, 0.3) is 0 Å². The maximum Gasteiger partial charge on any atom is 0.336 e. The van der Waals surface area contributed by atoms with E-state index in [1.54, 1.807) is 18.2 Å². The normalized spacial score (nSPS) is 11.8. The molecule has 0 heterocycles. The van der Waals surface area contributed by atoms with Crippen molar-refractivity contribution in [3.05, 3.63) is 35.4 Å². The topological polar surface area (TPSA) is 49.3 Å². The number of hydrogen-bond acceptors (Lipinski definition) is 2. The Morgan fingerprint density at radius 3 is 2.88 bits per heavy atom. The van der Waals surface area contributed by atoms with Gasteiger partial charge < -0.3 is 10.4 Å². The maximum absolute atomic E-state index is 10.9. The molecule has 0 fully saturated rings. The minimum atomic E-state index is -0.901. The van der Waals surface area contributed by atoms with Gasteiger partial charge >= 0.3 is 5.97 Å². The van der Waals surface area contributed by atoms with E-state index >= 15 is 0 Å². The van der Waals surface area contributed by atoms with E-state index in [4.69, 9.17) is 11.5 Å². The van der Waals surface area contributed by atoms with E-state index in [1.807, 2.05) is 13.0 Å². The van der Waals surface area contributed by atoms with Crippen LogP contribution in [0.5, 0.6) is 0 Å². The second kappa shape index (κ2) is 5.94. The highest BCUT2D eigenvalue weighted by atomic mass is 16.4. The van der Waals surface area contributed by atoms with E-state index in [-0.39, 0.29) is 6.04 Å². The Bertz CT molecular complexity index is 407. The molecule has 0 aliphatic heterocycles. The summed E-state index contributed by atoms with van der Waals surface area (Å²) in [6.07, 6.45) is 5.83. The predicted molar refractivity (Wildman–Crippen MR) is 63.2 cm³/mol. The molecule has 1 atom stereocenters.